The fourth-order valence-electron chi connectivity index (χ4n) is 3.20. The van der Waals surface area contributed by atoms with Crippen molar-refractivity contribution in [1.82, 2.24) is 5.32 Å². The number of rotatable bonds is 10. The van der Waals surface area contributed by atoms with Crippen molar-refractivity contribution in [3.05, 3.63) is 86.6 Å². The van der Waals surface area contributed by atoms with Crippen LogP contribution in [0.5, 0.6) is 17.2 Å². The number of para-hydroxylation sites is 1. The van der Waals surface area contributed by atoms with Gasteiger partial charge >= 0.3 is 0 Å². The van der Waals surface area contributed by atoms with Gasteiger partial charge in [0.25, 0.3) is 0 Å². The molecule has 0 saturated heterocycles. The van der Waals surface area contributed by atoms with Crippen molar-refractivity contribution in [2.24, 2.45) is 0 Å². The van der Waals surface area contributed by atoms with E-state index < -0.39 is 0 Å². The van der Waals surface area contributed by atoms with E-state index in [-0.39, 0.29) is 12.4 Å². The molecule has 3 aromatic carbocycles. The Kier molecular flexibility index (Phi) is 8.58. The molecular formula is C24H24BrClFNO3. The van der Waals surface area contributed by atoms with Crippen LogP contribution < -0.4 is 19.5 Å². The average molecular weight is 509 g/mol. The summed E-state index contributed by atoms with van der Waals surface area (Å²) in [5.74, 6) is 1.73. The second-order valence-corrected chi connectivity index (χ2v) is 8.08. The molecule has 31 heavy (non-hydrogen) atoms. The number of halogens is 3. The minimum atomic E-state index is -0.381. The number of nitrogens with one attached hydrogen (secondary N) is 1. The second-order valence-electron chi connectivity index (χ2n) is 6.82. The van der Waals surface area contributed by atoms with Gasteiger partial charge in [-0.25, -0.2) is 4.39 Å². The Morgan fingerprint density at radius 2 is 1.74 bits per heavy atom. The van der Waals surface area contributed by atoms with Gasteiger partial charge in [-0.3, -0.25) is 0 Å². The van der Waals surface area contributed by atoms with E-state index in [1.54, 1.807) is 20.3 Å². The summed E-state index contributed by atoms with van der Waals surface area (Å²) in [4.78, 5) is 0. The van der Waals surface area contributed by atoms with Crippen LogP contribution in [0.1, 0.15) is 16.7 Å². The molecule has 0 bridgehead atoms. The number of ether oxygens (including phenoxy) is 3. The highest BCUT2D eigenvalue weighted by atomic mass is 79.9. The zero-order valence-corrected chi connectivity index (χ0v) is 19.7. The lowest BCUT2D eigenvalue weighted by Gasteiger charge is -2.18. The average Bonchev–Trinajstić information content (AvgIpc) is 2.77. The molecular weight excluding hydrogens is 485 g/mol. The summed E-state index contributed by atoms with van der Waals surface area (Å²) in [7, 11) is 3.27. The minimum Gasteiger partial charge on any atom is -0.496 e. The van der Waals surface area contributed by atoms with Crippen LogP contribution in [0.2, 0.25) is 5.02 Å². The molecule has 164 valence electrons. The van der Waals surface area contributed by atoms with Crippen LogP contribution in [0.3, 0.4) is 0 Å². The van der Waals surface area contributed by atoms with Gasteiger partial charge in [0.15, 0.2) is 11.5 Å². The smallest absolute Gasteiger partial charge is 0.167 e. The standard InChI is InChI=1S/C24H24BrClFNO3/c1-29-22-6-4-3-5-16(22)11-12-28-14-19-20(25)9-10-23(30-2)24(19)31-15-17-7-8-18(27)13-21(17)26/h3-10,13,28H,11-12,14-15H2,1-2H3. The first-order valence-electron chi connectivity index (χ1n) is 9.78. The van der Waals surface area contributed by atoms with Gasteiger partial charge < -0.3 is 19.5 Å². The maximum Gasteiger partial charge on any atom is 0.167 e. The first-order chi connectivity index (χ1) is 15.0. The normalized spacial score (nSPS) is 10.7. The molecule has 0 aliphatic rings. The van der Waals surface area contributed by atoms with E-state index in [1.807, 2.05) is 30.3 Å². The van der Waals surface area contributed by atoms with E-state index in [1.165, 1.54) is 12.1 Å². The molecule has 0 radical (unpaired) electrons. The van der Waals surface area contributed by atoms with Gasteiger partial charge in [-0.05, 0) is 48.9 Å². The Balaban J connectivity index is 1.70. The highest BCUT2D eigenvalue weighted by Crippen LogP contribution is 2.37. The molecule has 3 aromatic rings. The summed E-state index contributed by atoms with van der Waals surface area (Å²) < 4.78 is 31.2. The Bertz CT molecular complexity index is 1030. The first-order valence-corrected chi connectivity index (χ1v) is 10.9. The summed E-state index contributed by atoms with van der Waals surface area (Å²) in [6.45, 7) is 1.52. The van der Waals surface area contributed by atoms with E-state index in [9.17, 15) is 4.39 Å². The molecule has 3 rings (SSSR count). The molecule has 0 unspecified atom stereocenters. The Morgan fingerprint density at radius 1 is 0.968 bits per heavy atom. The lowest BCUT2D eigenvalue weighted by molar-refractivity contribution is 0.280. The van der Waals surface area contributed by atoms with Crippen molar-refractivity contribution in [3.8, 4) is 17.2 Å². The Hall–Kier alpha value is -2.28. The van der Waals surface area contributed by atoms with Crippen LogP contribution >= 0.6 is 27.5 Å². The van der Waals surface area contributed by atoms with E-state index in [0.29, 0.717) is 28.6 Å². The van der Waals surface area contributed by atoms with Crippen molar-refractivity contribution in [2.45, 2.75) is 19.6 Å². The lowest BCUT2D eigenvalue weighted by Crippen LogP contribution is -2.18. The molecule has 4 nitrogen and oxygen atoms in total. The van der Waals surface area contributed by atoms with Crippen molar-refractivity contribution < 1.29 is 18.6 Å². The molecule has 0 fully saturated rings. The predicted molar refractivity (Wildman–Crippen MR) is 125 cm³/mol. The van der Waals surface area contributed by atoms with Gasteiger partial charge in [0, 0.05) is 22.1 Å². The lowest BCUT2D eigenvalue weighted by atomic mass is 10.1. The van der Waals surface area contributed by atoms with Crippen LogP contribution in [-0.4, -0.2) is 20.8 Å². The van der Waals surface area contributed by atoms with Crippen LogP contribution in [0.4, 0.5) is 4.39 Å². The molecule has 0 spiro atoms. The summed E-state index contributed by atoms with van der Waals surface area (Å²) in [5.41, 5.74) is 2.77. The predicted octanol–water partition coefficient (Wildman–Crippen LogP) is 6.17. The molecule has 0 saturated carbocycles. The third-order valence-corrected chi connectivity index (χ3v) is 5.93. The van der Waals surface area contributed by atoms with Crippen LogP contribution in [0.25, 0.3) is 0 Å². The monoisotopic (exact) mass is 507 g/mol. The van der Waals surface area contributed by atoms with Crippen molar-refractivity contribution in [1.29, 1.82) is 0 Å². The van der Waals surface area contributed by atoms with E-state index in [0.717, 1.165) is 34.3 Å². The third-order valence-electron chi connectivity index (χ3n) is 4.84. The highest BCUT2D eigenvalue weighted by Gasteiger charge is 2.15. The molecule has 0 aliphatic heterocycles. The van der Waals surface area contributed by atoms with Crippen LogP contribution in [0, 0.1) is 5.82 Å². The van der Waals surface area contributed by atoms with E-state index in [4.69, 9.17) is 25.8 Å². The first kappa shape index (κ1) is 23.4. The maximum absolute atomic E-state index is 13.3. The fourth-order valence-corrected chi connectivity index (χ4v) is 3.87. The van der Waals surface area contributed by atoms with Gasteiger partial charge in [0.2, 0.25) is 0 Å². The Labute approximate surface area is 195 Å². The molecule has 1 N–H and O–H groups in total. The quantitative estimate of drug-likeness (QED) is 0.333. The number of hydrogen-bond acceptors (Lipinski definition) is 4. The molecule has 0 heterocycles. The number of hydrogen-bond donors (Lipinski definition) is 1. The molecule has 0 aromatic heterocycles. The summed E-state index contributed by atoms with van der Waals surface area (Å²) in [6, 6.07) is 16.0. The van der Waals surface area contributed by atoms with Crippen LogP contribution in [-0.2, 0) is 19.6 Å². The summed E-state index contributed by atoms with van der Waals surface area (Å²) in [5, 5.41) is 3.78. The number of methoxy groups -OCH3 is 2. The maximum atomic E-state index is 13.3. The number of benzene rings is 3. The Morgan fingerprint density at radius 3 is 2.48 bits per heavy atom. The molecule has 0 aliphatic carbocycles. The van der Waals surface area contributed by atoms with Gasteiger partial charge in [-0.1, -0.05) is 51.8 Å². The minimum absolute atomic E-state index is 0.195. The van der Waals surface area contributed by atoms with Crippen LogP contribution in [0.15, 0.2) is 59.1 Å². The zero-order valence-electron chi connectivity index (χ0n) is 17.4. The largest absolute Gasteiger partial charge is 0.496 e. The molecule has 7 heteroatoms. The molecule has 0 atom stereocenters. The van der Waals surface area contributed by atoms with Crippen molar-refractivity contribution >= 4 is 27.5 Å². The summed E-state index contributed by atoms with van der Waals surface area (Å²) in [6.07, 6.45) is 0.826. The van der Waals surface area contributed by atoms with Gasteiger partial charge in [-0.15, -0.1) is 0 Å². The highest BCUT2D eigenvalue weighted by molar-refractivity contribution is 9.10. The van der Waals surface area contributed by atoms with Gasteiger partial charge in [0.1, 0.15) is 18.2 Å². The fraction of sp³-hybridized carbons (Fsp3) is 0.250. The second kappa shape index (κ2) is 11.4. The van der Waals surface area contributed by atoms with Gasteiger partial charge in [0.05, 0.1) is 19.2 Å². The van der Waals surface area contributed by atoms with Gasteiger partial charge in [-0.2, -0.15) is 0 Å². The van der Waals surface area contributed by atoms with Crippen molar-refractivity contribution in [3.63, 3.8) is 0 Å². The van der Waals surface area contributed by atoms with E-state index in [2.05, 4.69) is 27.3 Å². The zero-order chi connectivity index (χ0) is 22.2. The third kappa shape index (κ3) is 6.12. The SMILES string of the molecule is COc1ccccc1CCNCc1c(Br)ccc(OC)c1OCc1ccc(F)cc1Cl. The van der Waals surface area contributed by atoms with E-state index >= 15 is 0 Å². The summed E-state index contributed by atoms with van der Waals surface area (Å²) >= 11 is 9.75. The van der Waals surface area contributed by atoms with Crippen molar-refractivity contribution in [2.75, 3.05) is 20.8 Å². The molecule has 0 amide bonds. The topological polar surface area (TPSA) is 39.7 Å².